The molecule has 0 radical (unpaired) electrons. The van der Waals surface area contributed by atoms with Gasteiger partial charge in [0.2, 0.25) is 5.91 Å². The maximum Gasteiger partial charge on any atom is 0.218 e. The van der Waals surface area contributed by atoms with E-state index >= 15 is 0 Å². The molecule has 3 heteroatoms. The molecule has 13 heavy (non-hydrogen) atoms. The van der Waals surface area contributed by atoms with Gasteiger partial charge in [-0.25, -0.2) is 0 Å². The van der Waals surface area contributed by atoms with Gasteiger partial charge >= 0.3 is 0 Å². The summed E-state index contributed by atoms with van der Waals surface area (Å²) in [6.45, 7) is 7.36. The predicted octanol–water partition coefficient (Wildman–Crippen LogP) is 1.28. The second-order valence-corrected chi connectivity index (χ2v) is 3.87. The van der Waals surface area contributed by atoms with E-state index in [0.717, 1.165) is 6.54 Å². The van der Waals surface area contributed by atoms with Crippen LogP contribution in [-0.2, 0) is 4.79 Å². The number of rotatable bonds is 7. The van der Waals surface area contributed by atoms with Gasteiger partial charge < -0.3 is 11.1 Å². The Morgan fingerprint density at radius 2 is 2.08 bits per heavy atom. The number of amides is 1. The second kappa shape index (κ2) is 6.89. The van der Waals surface area contributed by atoms with Gasteiger partial charge in [0.15, 0.2) is 0 Å². The van der Waals surface area contributed by atoms with Gasteiger partial charge in [-0.3, -0.25) is 4.79 Å². The predicted molar refractivity (Wildman–Crippen MR) is 55.3 cm³/mol. The zero-order valence-corrected chi connectivity index (χ0v) is 8.97. The summed E-state index contributed by atoms with van der Waals surface area (Å²) in [6.07, 6.45) is 2.88. The van der Waals surface area contributed by atoms with E-state index in [2.05, 4.69) is 19.2 Å². The quantitative estimate of drug-likeness (QED) is 0.629. The van der Waals surface area contributed by atoms with Crippen LogP contribution in [-0.4, -0.2) is 18.5 Å². The fraction of sp³-hybridized carbons (Fsp3) is 0.900. The normalized spacial score (nSPS) is 15.3. The van der Waals surface area contributed by atoms with Crippen molar-refractivity contribution in [3.05, 3.63) is 0 Å². The monoisotopic (exact) mass is 186 g/mol. The van der Waals surface area contributed by atoms with Gasteiger partial charge in [-0.05, 0) is 25.8 Å². The summed E-state index contributed by atoms with van der Waals surface area (Å²) >= 11 is 0. The van der Waals surface area contributed by atoms with Crippen LogP contribution in [0.3, 0.4) is 0 Å². The smallest absolute Gasteiger partial charge is 0.218 e. The average Bonchev–Trinajstić information content (AvgIpc) is 2.00. The first-order valence-electron chi connectivity index (χ1n) is 5.08. The lowest BCUT2D eigenvalue weighted by atomic mass is 10.1. The molecule has 0 aliphatic carbocycles. The maximum atomic E-state index is 10.6. The molecule has 1 amide bonds. The first-order valence-corrected chi connectivity index (χ1v) is 5.08. The summed E-state index contributed by atoms with van der Waals surface area (Å²) in [5, 5.41) is 3.30. The summed E-state index contributed by atoms with van der Waals surface area (Å²) in [4.78, 5) is 10.6. The highest BCUT2D eigenvalue weighted by molar-refractivity contribution is 5.74. The van der Waals surface area contributed by atoms with Crippen molar-refractivity contribution in [3.63, 3.8) is 0 Å². The molecule has 0 heterocycles. The van der Waals surface area contributed by atoms with E-state index in [1.807, 2.05) is 6.92 Å². The van der Waals surface area contributed by atoms with E-state index in [1.54, 1.807) is 0 Å². The van der Waals surface area contributed by atoms with E-state index < -0.39 is 0 Å². The van der Waals surface area contributed by atoms with Crippen LogP contribution >= 0.6 is 0 Å². The molecule has 3 N–H and O–H groups in total. The van der Waals surface area contributed by atoms with Crippen molar-refractivity contribution in [3.8, 4) is 0 Å². The van der Waals surface area contributed by atoms with Crippen LogP contribution in [0.5, 0.6) is 0 Å². The molecule has 3 nitrogen and oxygen atoms in total. The fourth-order valence-electron chi connectivity index (χ4n) is 1.37. The van der Waals surface area contributed by atoms with Crippen molar-refractivity contribution >= 4 is 5.91 Å². The molecule has 0 aromatic rings. The van der Waals surface area contributed by atoms with Crippen LogP contribution < -0.4 is 11.1 Å². The highest BCUT2D eigenvalue weighted by Crippen LogP contribution is 2.03. The lowest BCUT2D eigenvalue weighted by Gasteiger charge is -2.15. The summed E-state index contributed by atoms with van der Waals surface area (Å²) in [5.74, 6) is 0.448. The molecule has 0 rings (SSSR count). The molecule has 0 bridgehead atoms. The third-order valence-corrected chi connectivity index (χ3v) is 2.10. The molecule has 2 atom stereocenters. The Morgan fingerprint density at radius 1 is 1.46 bits per heavy atom. The molecule has 0 aromatic heterocycles. The van der Waals surface area contributed by atoms with E-state index in [1.165, 1.54) is 12.8 Å². The number of primary amides is 1. The molecule has 2 unspecified atom stereocenters. The highest BCUT2D eigenvalue weighted by Gasteiger charge is 2.06. The number of carbonyl (C=O) groups is 1. The lowest BCUT2D eigenvalue weighted by molar-refractivity contribution is -0.118. The van der Waals surface area contributed by atoms with Crippen molar-refractivity contribution in [2.45, 2.75) is 46.1 Å². The third-order valence-electron chi connectivity index (χ3n) is 2.10. The molecule has 0 saturated carbocycles. The molecule has 0 saturated heterocycles. The number of nitrogens with two attached hydrogens (primary N) is 1. The van der Waals surface area contributed by atoms with Crippen molar-refractivity contribution in [2.75, 3.05) is 6.54 Å². The van der Waals surface area contributed by atoms with Crippen molar-refractivity contribution in [1.82, 2.24) is 5.32 Å². The minimum atomic E-state index is -0.233. The molecule has 0 spiro atoms. The SMILES string of the molecule is CCCC(C)CNC(C)CC(N)=O. The van der Waals surface area contributed by atoms with Crippen molar-refractivity contribution < 1.29 is 4.79 Å². The molecule has 0 aliphatic heterocycles. The Balaban J connectivity index is 3.45. The molecule has 0 aromatic carbocycles. The number of hydrogen-bond donors (Lipinski definition) is 2. The van der Waals surface area contributed by atoms with Crippen LogP contribution in [0.1, 0.15) is 40.0 Å². The van der Waals surface area contributed by atoms with Gasteiger partial charge in [0.1, 0.15) is 0 Å². The minimum absolute atomic E-state index is 0.205. The molecule has 0 fully saturated rings. The highest BCUT2D eigenvalue weighted by atomic mass is 16.1. The van der Waals surface area contributed by atoms with E-state index in [4.69, 9.17) is 5.73 Å². The summed E-state index contributed by atoms with van der Waals surface area (Å²) in [6, 6.07) is 0.205. The van der Waals surface area contributed by atoms with E-state index in [-0.39, 0.29) is 11.9 Å². The summed E-state index contributed by atoms with van der Waals surface area (Å²) < 4.78 is 0. The average molecular weight is 186 g/mol. The van der Waals surface area contributed by atoms with Gasteiger partial charge in [0.25, 0.3) is 0 Å². The van der Waals surface area contributed by atoms with Gasteiger partial charge in [0.05, 0.1) is 0 Å². The Labute approximate surface area is 81.1 Å². The van der Waals surface area contributed by atoms with Crippen LogP contribution in [0.4, 0.5) is 0 Å². The summed E-state index contributed by atoms with van der Waals surface area (Å²) in [5.41, 5.74) is 5.08. The second-order valence-electron chi connectivity index (χ2n) is 3.87. The Kier molecular flexibility index (Phi) is 6.59. The van der Waals surface area contributed by atoms with Gasteiger partial charge in [-0.2, -0.15) is 0 Å². The lowest BCUT2D eigenvalue weighted by Crippen LogP contribution is -2.33. The maximum absolute atomic E-state index is 10.6. The zero-order valence-electron chi connectivity index (χ0n) is 8.97. The standard InChI is InChI=1S/C10H22N2O/c1-4-5-8(2)7-12-9(3)6-10(11)13/h8-9,12H,4-7H2,1-3H3,(H2,11,13). The van der Waals surface area contributed by atoms with Gasteiger partial charge in [-0.1, -0.05) is 20.3 Å². The van der Waals surface area contributed by atoms with Crippen molar-refractivity contribution in [2.24, 2.45) is 11.7 Å². The largest absolute Gasteiger partial charge is 0.370 e. The zero-order chi connectivity index (χ0) is 10.3. The molecular formula is C10H22N2O. The van der Waals surface area contributed by atoms with Crippen LogP contribution in [0.15, 0.2) is 0 Å². The number of hydrogen-bond acceptors (Lipinski definition) is 2. The number of carbonyl (C=O) groups excluding carboxylic acids is 1. The van der Waals surface area contributed by atoms with Gasteiger partial charge in [-0.15, -0.1) is 0 Å². The third kappa shape index (κ3) is 7.78. The van der Waals surface area contributed by atoms with Gasteiger partial charge in [0, 0.05) is 12.5 Å². The molecule has 78 valence electrons. The van der Waals surface area contributed by atoms with E-state index in [9.17, 15) is 4.79 Å². The Hall–Kier alpha value is -0.570. The number of nitrogens with one attached hydrogen (secondary N) is 1. The Bertz CT molecular complexity index is 148. The van der Waals surface area contributed by atoms with Crippen LogP contribution in [0.25, 0.3) is 0 Å². The fourth-order valence-corrected chi connectivity index (χ4v) is 1.37. The minimum Gasteiger partial charge on any atom is -0.370 e. The summed E-state index contributed by atoms with van der Waals surface area (Å²) in [7, 11) is 0. The first-order chi connectivity index (χ1) is 6.06. The Morgan fingerprint density at radius 3 is 2.54 bits per heavy atom. The van der Waals surface area contributed by atoms with E-state index in [0.29, 0.717) is 12.3 Å². The van der Waals surface area contributed by atoms with Crippen molar-refractivity contribution in [1.29, 1.82) is 0 Å². The topological polar surface area (TPSA) is 55.1 Å². The molecule has 0 aliphatic rings. The molecular weight excluding hydrogens is 164 g/mol. The van der Waals surface area contributed by atoms with Crippen LogP contribution in [0, 0.1) is 5.92 Å². The van der Waals surface area contributed by atoms with Crippen LogP contribution in [0.2, 0.25) is 0 Å². The first kappa shape index (κ1) is 12.4.